The van der Waals surface area contributed by atoms with E-state index in [2.05, 4.69) is 0 Å². The van der Waals surface area contributed by atoms with Crippen LogP contribution in [0.5, 0.6) is 0 Å². The SMILES string of the molecule is O.O.O.O.O.S.[Na+]. The summed E-state index contributed by atoms with van der Waals surface area (Å²) in [4.78, 5) is 0. The van der Waals surface area contributed by atoms with Crippen LogP contribution in [0.4, 0.5) is 0 Å². The van der Waals surface area contributed by atoms with Crippen LogP contribution in [-0.2, 0) is 0 Å². The molecule has 0 rings (SSSR count). The van der Waals surface area contributed by atoms with Gasteiger partial charge in [-0.25, -0.2) is 0 Å². The van der Waals surface area contributed by atoms with Crippen molar-refractivity contribution in [1.82, 2.24) is 0 Å². The first-order valence-electron chi connectivity index (χ1n) is 0. The van der Waals surface area contributed by atoms with E-state index in [1.807, 2.05) is 0 Å². The first-order chi connectivity index (χ1) is 0. The molecule has 0 unspecified atom stereocenters. The van der Waals surface area contributed by atoms with Gasteiger partial charge in [0.2, 0.25) is 0 Å². The third-order valence-electron chi connectivity index (χ3n) is 0. The fourth-order valence-electron chi connectivity index (χ4n) is 0. The molecule has 48 valence electrons. The Morgan fingerprint density at radius 3 is 0.429 bits per heavy atom. The Bertz CT molecular complexity index is 8.04. The van der Waals surface area contributed by atoms with E-state index < -0.39 is 0 Å². The molecule has 0 aliphatic carbocycles. The van der Waals surface area contributed by atoms with Crippen LogP contribution >= 0.6 is 13.5 Å². The minimum atomic E-state index is 0. The molecular formula is H12NaO5S+. The third kappa shape index (κ3) is 143. The van der Waals surface area contributed by atoms with Crippen molar-refractivity contribution in [2.75, 3.05) is 0 Å². The summed E-state index contributed by atoms with van der Waals surface area (Å²) < 4.78 is 0. The summed E-state index contributed by atoms with van der Waals surface area (Å²) in [5.74, 6) is 0. The summed E-state index contributed by atoms with van der Waals surface area (Å²) in [5, 5.41) is 0. The Kier molecular flexibility index (Phi) is 9200. The van der Waals surface area contributed by atoms with E-state index in [0.717, 1.165) is 0 Å². The summed E-state index contributed by atoms with van der Waals surface area (Å²) in [6, 6.07) is 0. The van der Waals surface area contributed by atoms with Crippen LogP contribution < -0.4 is 29.6 Å². The third-order valence-corrected chi connectivity index (χ3v) is 0. The van der Waals surface area contributed by atoms with E-state index in [4.69, 9.17) is 0 Å². The van der Waals surface area contributed by atoms with Gasteiger partial charge in [-0.05, 0) is 0 Å². The van der Waals surface area contributed by atoms with Gasteiger partial charge >= 0.3 is 29.6 Å². The van der Waals surface area contributed by atoms with Crippen molar-refractivity contribution in [3.8, 4) is 0 Å². The molecule has 0 heterocycles. The topological polar surface area (TPSA) is 158 Å². The van der Waals surface area contributed by atoms with Crippen LogP contribution in [0.25, 0.3) is 0 Å². The maximum atomic E-state index is 0. The zero-order valence-electron chi connectivity index (χ0n) is 4.00. The zero-order valence-corrected chi connectivity index (χ0v) is 7.00. The van der Waals surface area contributed by atoms with E-state index in [1.165, 1.54) is 0 Å². The first kappa shape index (κ1) is 315. The van der Waals surface area contributed by atoms with Crippen molar-refractivity contribution in [2.45, 2.75) is 0 Å². The molecule has 0 aromatic heterocycles. The molecule has 5 nitrogen and oxygen atoms in total. The molecule has 0 saturated carbocycles. The monoisotopic (exact) mass is 147 g/mol. The summed E-state index contributed by atoms with van der Waals surface area (Å²) in [7, 11) is 0. The standard InChI is InChI=1S/Na.5H2O.H2S/h;6*1H2/q+1;;;;;;. The molecule has 10 N–H and O–H groups in total. The van der Waals surface area contributed by atoms with E-state index >= 15 is 0 Å². The Morgan fingerprint density at radius 2 is 0.429 bits per heavy atom. The second-order valence-corrected chi connectivity index (χ2v) is 0. The normalized spacial score (nSPS) is 0. The Morgan fingerprint density at radius 1 is 0.429 bits per heavy atom. The largest absolute Gasteiger partial charge is 1.00 e. The number of hydrogen-bond acceptors (Lipinski definition) is 0. The zero-order chi connectivity index (χ0) is 0. The van der Waals surface area contributed by atoms with Crippen LogP contribution in [0.2, 0.25) is 0 Å². The molecule has 0 atom stereocenters. The van der Waals surface area contributed by atoms with Gasteiger partial charge < -0.3 is 27.4 Å². The van der Waals surface area contributed by atoms with Crippen LogP contribution in [0.3, 0.4) is 0 Å². The summed E-state index contributed by atoms with van der Waals surface area (Å²) >= 11 is 0. The van der Waals surface area contributed by atoms with Crippen molar-refractivity contribution in [3.05, 3.63) is 0 Å². The number of rotatable bonds is 0. The van der Waals surface area contributed by atoms with Gasteiger partial charge in [0.05, 0.1) is 0 Å². The van der Waals surface area contributed by atoms with Crippen LogP contribution in [-0.4, -0.2) is 27.4 Å². The molecule has 0 aliphatic heterocycles. The summed E-state index contributed by atoms with van der Waals surface area (Å²) in [6.45, 7) is 0. The minimum Gasteiger partial charge on any atom is -0.412 e. The molecule has 0 radical (unpaired) electrons. The molecule has 0 aliphatic rings. The van der Waals surface area contributed by atoms with E-state index in [0.29, 0.717) is 0 Å². The fourth-order valence-corrected chi connectivity index (χ4v) is 0. The van der Waals surface area contributed by atoms with Gasteiger partial charge in [0, 0.05) is 0 Å². The molecular weight excluding hydrogens is 135 g/mol. The van der Waals surface area contributed by atoms with Crippen LogP contribution in [0.1, 0.15) is 0 Å². The van der Waals surface area contributed by atoms with Crippen molar-refractivity contribution in [2.24, 2.45) is 0 Å². The van der Waals surface area contributed by atoms with Gasteiger partial charge in [0.1, 0.15) is 0 Å². The van der Waals surface area contributed by atoms with Crippen LogP contribution in [0.15, 0.2) is 0 Å². The van der Waals surface area contributed by atoms with Crippen molar-refractivity contribution in [3.63, 3.8) is 0 Å². The van der Waals surface area contributed by atoms with Gasteiger partial charge in [-0.15, -0.1) is 0 Å². The predicted molar refractivity (Wildman–Crippen MR) is 28.4 cm³/mol. The van der Waals surface area contributed by atoms with E-state index in [1.54, 1.807) is 0 Å². The Hall–Kier alpha value is 1.15. The maximum Gasteiger partial charge on any atom is 1.00 e. The minimum absolute atomic E-state index is 0. The van der Waals surface area contributed by atoms with Crippen LogP contribution in [0, 0.1) is 0 Å². The van der Waals surface area contributed by atoms with Gasteiger partial charge in [-0.3, -0.25) is 0 Å². The number of hydrogen-bond donors (Lipinski definition) is 0. The summed E-state index contributed by atoms with van der Waals surface area (Å²) in [5.41, 5.74) is 0. The molecule has 0 fully saturated rings. The average molecular weight is 147 g/mol. The Balaban J connectivity index is 0. The molecule has 0 amide bonds. The van der Waals surface area contributed by atoms with E-state index in [9.17, 15) is 0 Å². The van der Waals surface area contributed by atoms with Gasteiger partial charge in [0.15, 0.2) is 0 Å². The predicted octanol–water partition coefficient (Wildman–Crippen LogP) is -7.01. The smallest absolute Gasteiger partial charge is 0.412 e. The quantitative estimate of drug-likeness (QED) is 0.298. The van der Waals surface area contributed by atoms with Crippen molar-refractivity contribution < 1.29 is 56.9 Å². The molecule has 7 heteroatoms. The fraction of sp³-hybridized carbons (Fsp3) is 0. The molecule has 0 aromatic rings. The molecule has 0 aromatic carbocycles. The van der Waals surface area contributed by atoms with Gasteiger partial charge in [-0.1, -0.05) is 0 Å². The van der Waals surface area contributed by atoms with Gasteiger partial charge in [0.25, 0.3) is 0 Å². The second kappa shape index (κ2) is 204. The molecule has 0 spiro atoms. The molecule has 0 bridgehead atoms. The van der Waals surface area contributed by atoms with Gasteiger partial charge in [-0.2, -0.15) is 13.5 Å². The summed E-state index contributed by atoms with van der Waals surface area (Å²) in [6.07, 6.45) is 0. The average Bonchev–Trinajstić information content (AvgIpc) is 0. The van der Waals surface area contributed by atoms with E-state index in [-0.39, 0.29) is 70.4 Å². The van der Waals surface area contributed by atoms with Crippen molar-refractivity contribution in [1.29, 1.82) is 0 Å². The first-order valence-corrected chi connectivity index (χ1v) is 0. The maximum absolute atomic E-state index is 0. The van der Waals surface area contributed by atoms with Crippen molar-refractivity contribution >= 4 is 13.5 Å². The molecule has 0 saturated heterocycles. The second-order valence-electron chi connectivity index (χ2n) is 0. The molecule has 7 heavy (non-hydrogen) atoms. The Labute approximate surface area is 70.4 Å².